The Balaban J connectivity index is 3.17. The molecule has 1 rings (SSSR count). The second kappa shape index (κ2) is 3.49. The molecule has 13 heavy (non-hydrogen) atoms. The number of rotatable bonds is 1. The number of anilines is 1. The van der Waals surface area contributed by atoms with Crippen molar-refractivity contribution in [1.29, 1.82) is 0 Å². The quantitative estimate of drug-likeness (QED) is 0.616. The van der Waals surface area contributed by atoms with Crippen LogP contribution >= 0.6 is 11.6 Å². The molecular weight excluding hydrogens is 201 g/mol. The SMILES string of the molecule is O=C(O)Nc1c(O)ccc(Cl)c1F. The molecule has 0 heterocycles. The van der Waals surface area contributed by atoms with Gasteiger partial charge < -0.3 is 10.2 Å². The number of hydrogen-bond acceptors (Lipinski definition) is 2. The van der Waals surface area contributed by atoms with Crippen molar-refractivity contribution < 1.29 is 19.4 Å². The number of phenols is 1. The maximum atomic E-state index is 13.0. The van der Waals surface area contributed by atoms with Crippen LogP contribution in [0.5, 0.6) is 5.75 Å². The lowest BCUT2D eigenvalue weighted by Gasteiger charge is -2.05. The summed E-state index contributed by atoms with van der Waals surface area (Å²) in [6, 6.07) is 2.22. The van der Waals surface area contributed by atoms with Crippen LogP contribution in [0, 0.1) is 5.82 Å². The molecule has 0 unspecified atom stereocenters. The van der Waals surface area contributed by atoms with Gasteiger partial charge in [-0.3, -0.25) is 5.32 Å². The number of carbonyl (C=O) groups is 1. The maximum Gasteiger partial charge on any atom is 0.409 e. The normalized spacial score (nSPS) is 9.69. The number of hydrogen-bond donors (Lipinski definition) is 3. The first kappa shape index (κ1) is 9.60. The molecule has 0 fully saturated rings. The number of benzene rings is 1. The van der Waals surface area contributed by atoms with E-state index in [-0.39, 0.29) is 5.02 Å². The van der Waals surface area contributed by atoms with Gasteiger partial charge in [0.05, 0.1) is 5.02 Å². The molecular formula is C7H5ClFNO3. The number of aromatic hydroxyl groups is 1. The Morgan fingerprint density at radius 3 is 2.69 bits per heavy atom. The van der Waals surface area contributed by atoms with E-state index in [9.17, 15) is 9.18 Å². The van der Waals surface area contributed by atoms with E-state index in [1.165, 1.54) is 0 Å². The summed E-state index contributed by atoms with van der Waals surface area (Å²) >= 11 is 5.35. The highest BCUT2D eigenvalue weighted by Gasteiger charge is 2.13. The van der Waals surface area contributed by atoms with E-state index in [4.69, 9.17) is 21.8 Å². The minimum Gasteiger partial charge on any atom is -0.506 e. The third-order valence-corrected chi connectivity index (χ3v) is 1.60. The molecule has 0 radical (unpaired) electrons. The van der Waals surface area contributed by atoms with Crippen molar-refractivity contribution in [3.8, 4) is 5.75 Å². The van der Waals surface area contributed by atoms with Crippen molar-refractivity contribution in [2.24, 2.45) is 0 Å². The zero-order valence-corrected chi connectivity index (χ0v) is 6.97. The molecule has 1 aromatic rings. The van der Waals surface area contributed by atoms with Crippen LogP contribution in [-0.2, 0) is 0 Å². The Labute approximate surface area is 77.6 Å². The summed E-state index contributed by atoms with van der Waals surface area (Å²) < 4.78 is 13.0. The van der Waals surface area contributed by atoms with Crippen LogP contribution in [0.15, 0.2) is 12.1 Å². The Morgan fingerprint density at radius 1 is 1.54 bits per heavy atom. The van der Waals surface area contributed by atoms with Gasteiger partial charge in [0, 0.05) is 0 Å². The topological polar surface area (TPSA) is 69.6 Å². The molecule has 6 heteroatoms. The molecule has 0 bridgehead atoms. The minimum absolute atomic E-state index is 0.262. The van der Waals surface area contributed by atoms with Crippen LogP contribution in [0.2, 0.25) is 5.02 Å². The summed E-state index contributed by atoms with van der Waals surface area (Å²) in [5.74, 6) is -1.51. The van der Waals surface area contributed by atoms with E-state index < -0.39 is 23.3 Å². The molecule has 0 saturated heterocycles. The number of carboxylic acid groups (broad SMARTS) is 1. The zero-order valence-electron chi connectivity index (χ0n) is 6.21. The molecule has 70 valence electrons. The van der Waals surface area contributed by atoms with E-state index in [1.807, 2.05) is 0 Å². The summed E-state index contributed by atoms with van der Waals surface area (Å²) in [4.78, 5) is 10.2. The second-order valence-electron chi connectivity index (χ2n) is 2.19. The Bertz CT molecular complexity index is 356. The highest BCUT2D eigenvalue weighted by atomic mass is 35.5. The average Bonchev–Trinajstić information content (AvgIpc) is 2.05. The van der Waals surface area contributed by atoms with Gasteiger partial charge in [-0.1, -0.05) is 11.6 Å². The first-order chi connectivity index (χ1) is 6.02. The highest BCUT2D eigenvalue weighted by molar-refractivity contribution is 6.31. The monoisotopic (exact) mass is 205 g/mol. The van der Waals surface area contributed by atoms with E-state index in [0.717, 1.165) is 12.1 Å². The number of phenolic OH excluding ortho intramolecular Hbond substituents is 1. The van der Waals surface area contributed by atoms with Gasteiger partial charge in [-0.15, -0.1) is 0 Å². The fraction of sp³-hybridized carbons (Fsp3) is 0. The number of halogens is 2. The van der Waals surface area contributed by atoms with Gasteiger partial charge in [0.2, 0.25) is 0 Å². The lowest BCUT2D eigenvalue weighted by Crippen LogP contribution is -2.09. The summed E-state index contributed by atoms with van der Waals surface area (Å²) in [6.07, 6.45) is -1.48. The van der Waals surface area contributed by atoms with E-state index in [2.05, 4.69) is 0 Å². The predicted octanol–water partition coefficient (Wildman–Crippen LogP) is 2.27. The maximum absolute atomic E-state index is 13.0. The molecule has 0 aliphatic heterocycles. The van der Waals surface area contributed by atoms with Crippen LogP contribution in [0.25, 0.3) is 0 Å². The average molecular weight is 206 g/mol. The molecule has 0 aliphatic carbocycles. The Morgan fingerprint density at radius 2 is 2.15 bits per heavy atom. The standard InChI is InChI=1S/C7H5ClFNO3/c8-3-1-2-4(11)6(5(3)9)10-7(12)13/h1-2,10-11H,(H,12,13). The fourth-order valence-corrected chi connectivity index (χ4v) is 0.924. The Hall–Kier alpha value is -1.49. The van der Waals surface area contributed by atoms with Gasteiger partial charge in [0.1, 0.15) is 11.4 Å². The van der Waals surface area contributed by atoms with Crippen LogP contribution in [0.3, 0.4) is 0 Å². The van der Waals surface area contributed by atoms with Crippen molar-refractivity contribution in [2.75, 3.05) is 5.32 Å². The first-order valence-electron chi connectivity index (χ1n) is 3.19. The zero-order chi connectivity index (χ0) is 10.0. The first-order valence-corrected chi connectivity index (χ1v) is 3.57. The minimum atomic E-state index is -1.48. The molecule has 0 aliphatic rings. The van der Waals surface area contributed by atoms with Gasteiger partial charge >= 0.3 is 6.09 Å². The third-order valence-electron chi connectivity index (χ3n) is 1.30. The lowest BCUT2D eigenvalue weighted by molar-refractivity contribution is 0.209. The van der Waals surface area contributed by atoms with Crippen molar-refractivity contribution >= 4 is 23.4 Å². The van der Waals surface area contributed by atoms with Gasteiger partial charge in [0.15, 0.2) is 5.82 Å². The van der Waals surface area contributed by atoms with Gasteiger partial charge in [-0.25, -0.2) is 9.18 Å². The largest absolute Gasteiger partial charge is 0.506 e. The molecule has 0 atom stereocenters. The van der Waals surface area contributed by atoms with Crippen molar-refractivity contribution in [3.05, 3.63) is 23.0 Å². The smallest absolute Gasteiger partial charge is 0.409 e. The molecule has 3 N–H and O–H groups in total. The lowest BCUT2D eigenvalue weighted by atomic mass is 10.3. The van der Waals surface area contributed by atoms with Crippen molar-refractivity contribution in [1.82, 2.24) is 0 Å². The number of nitrogens with one attached hydrogen (secondary N) is 1. The summed E-state index contributed by atoms with van der Waals surface area (Å²) in [7, 11) is 0. The van der Waals surface area contributed by atoms with Crippen LogP contribution in [0.4, 0.5) is 14.9 Å². The summed E-state index contributed by atoms with van der Waals surface area (Å²) in [5, 5.41) is 18.7. The van der Waals surface area contributed by atoms with E-state index in [0.29, 0.717) is 0 Å². The molecule has 0 aromatic heterocycles. The Kier molecular flexibility index (Phi) is 2.57. The van der Waals surface area contributed by atoms with Gasteiger partial charge in [-0.05, 0) is 12.1 Å². The molecule has 0 saturated carbocycles. The van der Waals surface area contributed by atoms with Crippen LogP contribution in [-0.4, -0.2) is 16.3 Å². The third kappa shape index (κ3) is 2.00. The van der Waals surface area contributed by atoms with Crippen molar-refractivity contribution in [2.45, 2.75) is 0 Å². The van der Waals surface area contributed by atoms with Crippen LogP contribution in [0.1, 0.15) is 0 Å². The fourth-order valence-electron chi connectivity index (χ4n) is 0.766. The summed E-state index contributed by atoms with van der Waals surface area (Å²) in [6.45, 7) is 0. The predicted molar refractivity (Wildman–Crippen MR) is 44.7 cm³/mol. The van der Waals surface area contributed by atoms with Gasteiger partial charge in [0.25, 0.3) is 0 Å². The van der Waals surface area contributed by atoms with Crippen LogP contribution < -0.4 is 5.32 Å². The van der Waals surface area contributed by atoms with Gasteiger partial charge in [-0.2, -0.15) is 0 Å². The number of amides is 1. The van der Waals surface area contributed by atoms with E-state index >= 15 is 0 Å². The molecule has 4 nitrogen and oxygen atoms in total. The summed E-state index contributed by atoms with van der Waals surface area (Å²) in [5.41, 5.74) is -0.542. The molecule has 0 spiro atoms. The second-order valence-corrected chi connectivity index (χ2v) is 2.59. The molecule has 1 aromatic carbocycles. The molecule has 1 amide bonds. The van der Waals surface area contributed by atoms with E-state index in [1.54, 1.807) is 5.32 Å². The highest BCUT2D eigenvalue weighted by Crippen LogP contribution is 2.31. The van der Waals surface area contributed by atoms with Crippen molar-refractivity contribution in [3.63, 3.8) is 0 Å².